The van der Waals surface area contributed by atoms with E-state index < -0.39 is 0 Å². The summed E-state index contributed by atoms with van der Waals surface area (Å²) in [6, 6.07) is 0.212. The van der Waals surface area contributed by atoms with Crippen LogP contribution in [0.2, 0.25) is 0 Å². The van der Waals surface area contributed by atoms with Crippen molar-refractivity contribution in [3.63, 3.8) is 0 Å². The van der Waals surface area contributed by atoms with Crippen molar-refractivity contribution in [3.8, 4) is 0 Å². The maximum Gasteiger partial charge on any atom is 0.333 e. The van der Waals surface area contributed by atoms with Gasteiger partial charge in [0.15, 0.2) is 0 Å². The van der Waals surface area contributed by atoms with Gasteiger partial charge in [0.05, 0.1) is 4.92 Å². The largest absolute Gasteiger partial charge is 0.361 e. The Kier molecular flexibility index (Phi) is 4.04. The van der Waals surface area contributed by atoms with Gasteiger partial charge in [-0.15, -0.1) is 0 Å². The lowest BCUT2D eigenvalue weighted by atomic mass is 10.0. The van der Waals surface area contributed by atoms with Crippen LogP contribution in [0.15, 0.2) is 0 Å². The van der Waals surface area contributed by atoms with Crippen LogP contribution in [0.5, 0.6) is 0 Å². The second kappa shape index (κ2) is 5.56. The van der Waals surface area contributed by atoms with Crippen LogP contribution in [0.3, 0.4) is 0 Å². The van der Waals surface area contributed by atoms with Gasteiger partial charge in [0.1, 0.15) is 5.69 Å². The number of nitrogens with two attached hydrogens (primary N) is 1. The SMILES string of the molecule is CCc1nn(C)c(NC2CCCC2CN)c1[N+](=O)[O-]. The van der Waals surface area contributed by atoms with Gasteiger partial charge in [0.25, 0.3) is 0 Å². The average Bonchev–Trinajstić information content (AvgIpc) is 2.94. The highest BCUT2D eigenvalue weighted by Gasteiger charge is 2.31. The molecule has 19 heavy (non-hydrogen) atoms. The number of nitrogens with zero attached hydrogens (tertiary/aromatic N) is 3. The summed E-state index contributed by atoms with van der Waals surface area (Å²) < 4.78 is 1.57. The molecule has 1 aliphatic carbocycles. The second-order valence-corrected chi connectivity index (χ2v) is 5.06. The summed E-state index contributed by atoms with van der Waals surface area (Å²) in [6.07, 6.45) is 3.76. The molecule has 0 radical (unpaired) electrons. The second-order valence-electron chi connectivity index (χ2n) is 5.06. The fourth-order valence-electron chi connectivity index (χ4n) is 2.84. The minimum atomic E-state index is -0.347. The van der Waals surface area contributed by atoms with Crippen molar-refractivity contribution < 1.29 is 4.92 Å². The molecule has 0 saturated heterocycles. The van der Waals surface area contributed by atoms with E-state index in [1.54, 1.807) is 11.7 Å². The third kappa shape index (κ3) is 2.56. The first-order chi connectivity index (χ1) is 9.08. The Morgan fingerprint density at radius 1 is 1.58 bits per heavy atom. The number of anilines is 1. The fourth-order valence-corrected chi connectivity index (χ4v) is 2.84. The molecule has 0 spiro atoms. The van der Waals surface area contributed by atoms with Crippen molar-refractivity contribution in [1.29, 1.82) is 0 Å². The van der Waals surface area contributed by atoms with Gasteiger partial charge in [-0.1, -0.05) is 13.3 Å². The molecular weight excluding hydrogens is 246 g/mol. The summed E-state index contributed by atoms with van der Waals surface area (Å²) in [4.78, 5) is 10.9. The zero-order valence-corrected chi connectivity index (χ0v) is 11.4. The van der Waals surface area contributed by atoms with Crippen molar-refractivity contribution in [2.45, 2.75) is 38.6 Å². The van der Waals surface area contributed by atoms with E-state index in [-0.39, 0.29) is 16.7 Å². The molecule has 0 aromatic carbocycles. The van der Waals surface area contributed by atoms with Gasteiger partial charge in [-0.05, 0) is 31.7 Å². The molecule has 0 amide bonds. The normalized spacial score (nSPS) is 22.7. The molecule has 2 unspecified atom stereocenters. The Bertz CT molecular complexity index is 471. The predicted octanol–water partition coefficient (Wildman–Crippen LogP) is 1.43. The maximum absolute atomic E-state index is 11.2. The van der Waals surface area contributed by atoms with E-state index in [4.69, 9.17) is 5.73 Å². The number of nitro groups is 1. The molecule has 7 nitrogen and oxygen atoms in total. The highest BCUT2D eigenvalue weighted by molar-refractivity contribution is 5.60. The van der Waals surface area contributed by atoms with E-state index in [0.29, 0.717) is 30.4 Å². The van der Waals surface area contributed by atoms with E-state index in [2.05, 4.69) is 10.4 Å². The van der Waals surface area contributed by atoms with Crippen LogP contribution in [0.4, 0.5) is 11.5 Å². The summed E-state index contributed by atoms with van der Waals surface area (Å²) in [5.41, 5.74) is 6.38. The van der Waals surface area contributed by atoms with Crippen LogP contribution in [-0.4, -0.2) is 27.3 Å². The van der Waals surface area contributed by atoms with E-state index >= 15 is 0 Å². The molecule has 1 aromatic rings. The zero-order chi connectivity index (χ0) is 14.0. The highest BCUT2D eigenvalue weighted by atomic mass is 16.6. The number of hydrogen-bond acceptors (Lipinski definition) is 5. The lowest BCUT2D eigenvalue weighted by Crippen LogP contribution is -2.30. The van der Waals surface area contributed by atoms with Crippen LogP contribution in [-0.2, 0) is 13.5 Å². The van der Waals surface area contributed by atoms with E-state index in [0.717, 1.165) is 19.3 Å². The summed E-state index contributed by atoms with van der Waals surface area (Å²) >= 11 is 0. The lowest BCUT2D eigenvalue weighted by Gasteiger charge is -2.20. The molecule has 2 rings (SSSR count). The Morgan fingerprint density at radius 2 is 2.32 bits per heavy atom. The Labute approximate surface area is 112 Å². The topological polar surface area (TPSA) is 99.0 Å². The van der Waals surface area contributed by atoms with Crippen molar-refractivity contribution in [2.75, 3.05) is 11.9 Å². The molecule has 0 bridgehead atoms. The summed E-state index contributed by atoms with van der Waals surface area (Å²) in [7, 11) is 1.74. The van der Waals surface area contributed by atoms with Crippen molar-refractivity contribution in [1.82, 2.24) is 9.78 Å². The molecule has 1 aliphatic rings. The quantitative estimate of drug-likeness (QED) is 0.621. The zero-order valence-electron chi connectivity index (χ0n) is 11.4. The van der Waals surface area contributed by atoms with Crippen LogP contribution in [0.1, 0.15) is 31.9 Å². The van der Waals surface area contributed by atoms with Gasteiger partial charge >= 0.3 is 5.69 Å². The van der Waals surface area contributed by atoms with Crippen LogP contribution >= 0.6 is 0 Å². The van der Waals surface area contributed by atoms with Gasteiger partial charge in [0, 0.05) is 13.1 Å². The molecule has 1 aromatic heterocycles. The number of aromatic nitrogens is 2. The summed E-state index contributed by atoms with van der Waals surface area (Å²) in [6.45, 7) is 2.49. The molecule has 2 atom stereocenters. The number of hydrogen-bond donors (Lipinski definition) is 2. The molecule has 1 heterocycles. The molecule has 106 valence electrons. The highest BCUT2D eigenvalue weighted by Crippen LogP contribution is 2.33. The maximum atomic E-state index is 11.2. The van der Waals surface area contributed by atoms with Crippen LogP contribution in [0.25, 0.3) is 0 Å². The third-order valence-corrected chi connectivity index (χ3v) is 3.89. The monoisotopic (exact) mass is 267 g/mol. The first-order valence-electron chi connectivity index (χ1n) is 6.75. The summed E-state index contributed by atoms with van der Waals surface area (Å²) in [5, 5.41) is 18.7. The van der Waals surface area contributed by atoms with Gasteiger partial charge in [0.2, 0.25) is 5.82 Å². The van der Waals surface area contributed by atoms with Crippen molar-refractivity contribution >= 4 is 11.5 Å². The smallest absolute Gasteiger partial charge is 0.333 e. The number of rotatable bonds is 5. The van der Waals surface area contributed by atoms with Gasteiger partial charge in [-0.3, -0.25) is 10.1 Å². The van der Waals surface area contributed by atoms with Gasteiger partial charge in [-0.2, -0.15) is 5.10 Å². The minimum Gasteiger partial charge on any atom is -0.361 e. The predicted molar refractivity (Wildman–Crippen MR) is 73.0 cm³/mol. The number of nitrogens with one attached hydrogen (secondary N) is 1. The van der Waals surface area contributed by atoms with E-state index in [9.17, 15) is 10.1 Å². The van der Waals surface area contributed by atoms with E-state index in [1.807, 2.05) is 6.92 Å². The molecule has 1 saturated carbocycles. The van der Waals surface area contributed by atoms with Crippen molar-refractivity contribution in [3.05, 3.63) is 15.8 Å². The van der Waals surface area contributed by atoms with Crippen LogP contribution in [0, 0.1) is 16.0 Å². The first kappa shape index (κ1) is 13.8. The van der Waals surface area contributed by atoms with Crippen molar-refractivity contribution in [2.24, 2.45) is 18.7 Å². The Balaban J connectivity index is 2.29. The standard InChI is InChI=1S/C12H21N5O2/c1-3-9-11(17(18)19)12(16(2)15-9)14-10-6-4-5-8(10)7-13/h8,10,14H,3-7,13H2,1-2H3. The van der Waals surface area contributed by atoms with E-state index in [1.165, 1.54) is 0 Å². The molecular formula is C12H21N5O2. The molecule has 7 heteroatoms. The fraction of sp³-hybridized carbons (Fsp3) is 0.750. The number of aryl methyl sites for hydroxylation is 2. The van der Waals surface area contributed by atoms with Crippen LogP contribution < -0.4 is 11.1 Å². The summed E-state index contributed by atoms with van der Waals surface area (Å²) in [5.74, 6) is 0.895. The minimum absolute atomic E-state index is 0.104. The average molecular weight is 267 g/mol. The Hall–Kier alpha value is -1.63. The molecule has 1 fully saturated rings. The first-order valence-corrected chi connectivity index (χ1v) is 6.75. The van der Waals surface area contributed by atoms with Gasteiger partial charge < -0.3 is 11.1 Å². The molecule has 0 aliphatic heterocycles. The third-order valence-electron chi connectivity index (χ3n) is 3.89. The molecule has 3 N–H and O–H groups in total. The Morgan fingerprint density at radius 3 is 2.89 bits per heavy atom. The lowest BCUT2D eigenvalue weighted by molar-refractivity contribution is -0.384. The van der Waals surface area contributed by atoms with Gasteiger partial charge in [-0.25, -0.2) is 4.68 Å².